The number of hydrogen-bond acceptors (Lipinski definition) is 5. The van der Waals surface area contributed by atoms with E-state index in [1.165, 1.54) is 14.2 Å². The second-order valence-corrected chi connectivity index (χ2v) is 4.21. The van der Waals surface area contributed by atoms with Crippen LogP contribution in [0.1, 0.15) is 12.0 Å². The number of esters is 1. The molecule has 0 saturated carbocycles. The largest absolute Gasteiger partial charge is 0.461 e. The summed E-state index contributed by atoms with van der Waals surface area (Å²) < 4.78 is 5.06. The van der Waals surface area contributed by atoms with Gasteiger partial charge >= 0.3 is 5.97 Å². The molecule has 0 aliphatic rings. The molecule has 0 saturated heterocycles. The second kappa shape index (κ2) is 8.70. The third-order valence-electron chi connectivity index (χ3n) is 2.76. The Hall–Kier alpha value is -2.41. The summed E-state index contributed by atoms with van der Waals surface area (Å²) in [6, 6.07) is 8.13. The van der Waals surface area contributed by atoms with E-state index in [-0.39, 0.29) is 13.0 Å². The summed E-state index contributed by atoms with van der Waals surface area (Å²) in [6.45, 7) is 0.113. The smallest absolute Gasteiger partial charge is 0.308 e. The Morgan fingerprint density at radius 2 is 2.00 bits per heavy atom. The maximum atomic E-state index is 11.8. The minimum atomic E-state index is -1.02. The number of rotatable bonds is 8. The molecule has 114 valence electrons. The minimum Gasteiger partial charge on any atom is -0.461 e. The third-order valence-corrected chi connectivity index (χ3v) is 2.76. The lowest BCUT2D eigenvalue weighted by Gasteiger charge is -2.20. The van der Waals surface area contributed by atoms with Crippen molar-refractivity contribution in [3.63, 3.8) is 0 Å². The topological polar surface area (TPSA) is 84.9 Å². The number of nitrogens with zero attached hydrogens (tertiary/aromatic N) is 1. The van der Waals surface area contributed by atoms with E-state index in [2.05, 4.69) is 5.32 Å². The number of hydrogen-bond donors (Lipinski definition) is 1. The summed E-state index contributed by atoms with van der Waals surface area (Å²) in [5, 5.41) is 3.21. The van der Waals surface area contributed by atoms with E-state index >= 15 is 0 Å². The highest BCUT2D eigenvalue weighted by molar-refractivity contribution is 5.87. The molecule has 0 spiro atoms. The predicted octanol–water partition coefficient (Wildman–Crippen LogP) is 0.254. The van der Waals surface area contributed by atoms with E-state index in [4.69, 9.17) is 9.57 Å². The first kappa shape index (κ1) is 16.6. The zero-order valence-electron chi connectivity index (χ0n) is 11.9. The number of benzene rings is 1. The molecular weight excluding hydrogens is 276 g/mol. The van der Waals surface area contributed by atoms with Gasteiger partial charge in [0.25, 0.3) is 5.91 Å². The fraction of sp³-hybridized carbons (Fsp3) is 0.357. The van der Waals surface area contributed by atoms with Crippen molar-refractivity contribution in [1.82, 2.24) is 10.4 Å². The van der Waals surface area contributed by atoms with Crippen LogP contribution >= 0.6 is 0 Å². The molecule has 2 amide bonds. The van der Waals surface area contributed by atoms with Crippen molar-refractivity contribution in [3.8, 4) is 0 Å². The minimum absolute atomic E-state index is 0.113. The highest BCUT2D eigenvalue weighted by Crippen LogP contribution is 2.04. The van der Waals surface area contributed by atoms with Crippen LogP contribution in [0.2, 0.25) is 0 Å². The first-order valence-electron chi connectivity index (χ1n) is 6.29. The van der Waals surface area contributed by atoms with Crippen LogP contribution in [0.25, 0.3) is 0 Å². The van der Waals surface area contributed by atoms with E-state index in [0.717, 1.165) is 10.6 Å². The Morgan fingerprint density at radius 1 is 1.33 bits per heavy atom. The molecule has 1 N–H and O–H groups in total. The van der Waals surface area contributed by atoms with Gasteiger partial charge in [0.1, 0.15) is 12.6 Å². The van der Waals surface area contributed by atoms with Crippen molar-refractivity contribution < 1.29 is 24.0 Å². The number of hydroxylamine groups is 2. The Kier molecular flexibility index (Phi) is 6.90. The molecule has 0 heterocycles. The molecule has 21 heavy (non-hydrogen) atoms. The van der Waals surface area contributed by atoms with Gasteiger partial charge in [-0.2, -0.15) is 0 Å². The zero-order valence-corrected chi connectivity index (χ0v) is 11.9. The molecule has 1 atom stereocenters. The molecule has 7 heteroatoms. The van der Waals surface area contributed by atoms with E-state index in [1.807, 2.05) is 30.3 Å². The van der Waals surface area contributed by atoms with Gasteiger partial charge in [-0.05, 0) is 5.56 Å². The first-order chi connectivity index (χ1) is 10.1. The summed E-state index contributed by atoms with van der Waals surface area (Å²) in [5.41, 5.74) is 0.839. The number of likely N-dealkylation sites (N-methyl/N-ethyl adjacent to an activating group) is 1. The van der Waals surface area contributed by atoms with Gasteiger partial charge in [-0.15, -0.1) is 0 Å². The zero-order chi connectivity index (χ0) is 15.7. The van der Waals surface area contributed by atoms with Gasteiger partial charge in [0, 0.05) is 7.05 Å². The number of amides is 2. The van der Waals surface area contributed by atoms with Crippen LogP contribution < -0.4 is 5.32 Å². The molecule has 0 aliphatic carbocycles. The van der Waals surface area contributed by atoms with Crippen molar-refractivity contribution in [3.05, 3.63) is 35.9 Å². The standard InChI is InChI=1S/C14H18N2O5/c1-16(20-2)14(19)12(15-10-17)8-13(18)21-9-11-6-4-3-5-7-11/h3-7,10,12H,8-9H2,1-2H3,(H,15,17)/t12-/m0/s1. The molecule has 0 unspecified atom stereocenters. The average Bonchev–Trinajstić information content (AvgIpc) is 2.52. The molecule has 1 aromatic rings. The van der Waals surface area contributed by atoms with Crippen LogP contribution in [0, 0.1) is 0 Å². The molecular formula is C14H18N2O5. The van der Waals surface area contributed by atoms with Gasteiger partial charge in [0.2, 0.25) is 6.41 Å². The Balaban J connectivity index is 2.52. The summed E-state index contributed by atoms with van der Waals surface area (Å²) in [6.07, 6.45) is 0.0919. The summed E-state index contributed by atoms with van der Waals surface area (Å²) in [7, 11) is 2.70. The Labute approximate surface area is 122 Å². The number of carbonyl (C=O) groups excluding carboxylic acids is 3. The maximum Gasteiger partial charge on any atom is 0.308 e. The SMILES string of the molecule is CON(C)C(=O)[C@H](CC(=O)OCc1ccccc1)NC=O. The van der Waals surface area contributed by atoms with E-state index in [0.29, 0.717) is 6.41 Å². The lowest BCUT2D eigenvalue weighted by Crippen LogP contribution is -2.45. The summed E-state index contributed by atoms with van der Waals surface area (Å²) >= 11 is 0. The maximum absolute atomic E-state index is 11.8. The summed E-state index contributed by atoms with van der Waals surface area (Å²) in [4.78, 5) is 38.8. The third kappa shape index (κ3) is 5.62. The lowest BCUT2D eigenvalue weighted by atomic mass is 10.2. The average molecular weight is 294 g/mol. The van der Waals surface area contributed by atoms with Crippen molar-refractivity contribution in [2.24, 2.45) is 0 Å². The Morgan fingerprint density at radius 3 is 2.57 bits per heavy atom. The fourth-order valence-electron chi connectivity index (χ4n) is 1.57. The van der Waals surface area contributed by atoms with Crippen LogP contribution in [-0.2, 0) is 30.6 Å². The molecule has 1 aromatic carbocycles. The van der Waals surface area contributed by atoms with Crippen LogP contribution in [0.4, 0.5) is 0 Å². The van der Waals surface area contributed by atoms with Gasteiger partial charge in [-0.1, -0.05) is 30.3 Å². The van der Waals surface area contributed by atoms with Gasteiger partial charge in [-0.3, -0.25) is 19.2 Å². The second-order valence-electron chi connectivity index (χ2n) is 4.21. The predicted molar refractivity (Wildman–Crippen MR) is 73.6 cm³/mol. The molecule has 1 rings (SSSR count). The quantitative estimate of drug-likeness (QED) is 0.422. The van der Waals surface area contributed by atoms with Gasteiger partial charge in [-0.25, -0.2) is 5.06 Å². The van der Waals surface area contributed by atoms with Crippen LogP contribution in [-0.4, -0.2) is 43.5 Å². The van der Waals surface area contributed by atoms with Crippen molar-refractivity contribution >= 4 is 18.3 Å². The number of ether oxygens (including phenoxy) is 1. The van der Waals surface area contributed by atoms with Gasteiger partial charge in [0.15, 0.2) is 0 Å². The van der Waals surface area contributed by atoms with Gasteiger partial charge in [0.05, 0.1) is 13.5 Å². The molecule has 0 radical (unpaired) electrons. The van der Waals surface area contributed by atoms with Crippen molar-refractivity contribution in [2.45, 2.75) is 19.1 Å². The van der Waals surface area contributed by atoms with Crippen molar-refractivity contribution in [1.29, 1.82) is 0 Å². The normalized spacial score (nSPS) is 11.3. The van der Waals surface area contributed by atoms with E-state index < -0.39 is 17.9 Å². The molecule has 0 fully saturated rings. The number of nitrogens with one attached hydrogen (secondary N) is 1. The molecule has 0 bridgehead atoms. The van der Waals surface area contributed by atoms with E-state index in [9.17, 15) is 14.4 Å². The molecule has 0 aromatic heterocycles. The van der Waals surface area contributed by atoms with Crippen molar-refractivity contribution in [2.75, 3.05) is 14.2 Å². The summed E-state index contributed by atoms with van der Waals surface area (Å²) in [5.74, 6) is -1.13. The highest BCUT2D eigenvalue weighted by Gasteiger charge is 2.25. The molecule has 0 aliphatic heterocycles. The van der Waals surface area contributed by atoms with Gasteiger partial charge < -0.3 is 10.1 Å². The first-order valence-corrected chi connectivity index (χ1v) is 6.29. The van der Waals surface area contributed by atoms with Crippen LogP contribution in [0.3, 0.4) is 0 Å². The Bertz CT molecular complexity index is 478. The van der Waals surface area contributed by atoms with Crippen LogP contribution in [0.15, 0.2) is 30.3 Å². The van der Waals surface area contributed by atoms with Crippen LogP contribution in [0.5, 0.6) is 0 Å². The number of carbonyl (C=O) groups is 3. The highest BCUT2D eigenvalue weighted by atomic mass is 16.7. The lowest BCUT2D eigenvalue weighted by molar-refractivity contribution is -0.173. The molecule has 7 nitrogen and oxygen atoms in total. The fourth-order valence-corrected chi connectivity index (χ4v) is 1.57. The monoisotopic (exact) mass is 294 g/mol. The van der Waals surface area contributed by atoms with E-state index in [1.54, 1.807) is 0 Å².